The maximum absolute atomic E-state index is 3.44. The third kappa shape index (κ3) is 2.81. The van der Waals surface area contributed by atoms with E-state index in [9.17, 15) is 0 Å². The number of benzene rings is 1. The molecule has 2 rings (SSSR count). The second-order valence-electron chi connectivity index (χ2n) is 5.07. The standard InChI is InChI=1S/C15H24N2/c1-4-16-12(2)13-8-10-15(11-9-13)17(3)14-6-5-7-14/h8-12,14,16H,4-7H2,1-3H3. The molecule has 1 aliphatic carbocycles. The van der Waals surface area contributed by atoms with Crippen LogP contribution in [0.15, 0.2) is 24.3 Å². The first kappa shape index (κ1) is 12.4. The second-order valence-corrected chi connectivity index (χ2v) is 5.07. The van der Waals surface area contributed by atoms with E-state index in [-0.39, 0.29) is 0 Å². The van der Waals surface area contributed by atoms with Crippen LogP contribution in [0.3, 0.4) is 0 Å². The summed E-state index contributed by atoms with van der Waals surface area (Å²) in [5, 5.41) is 3.44. The summed E-state index contributed by atoms with van der Waals surface area (Å²) in [6.45, 7) is 5.38. The van der Waals surface area contributed by atoms with Crippen molar-refractivity contribution in [3.8, 4) is 0 Å². The van der Waals surface area contributed by atoms with Crippen molar-refractivity contribution in [3.05, 3.63) is 29.8 Å². The van der Waals surface area contributed by atoms with Crippen LogP contribution in [-0.2, 0) is 0 Å². The SMILES string of the molecule is CCNC(C)c1ccc(N(C)C2CCC2)cc1. The van der Waals surface area contributed by atoms with Crippen molar-refractivity contribution in [1.82, 2.24) is 5.32 Å². The van der Waals surface area contributed by atoms with Gasteiger partial charge in [-0.3, -0.25) is 0 Å². The number of nitrogens with one attached hydrogen (secondary N) is 1. The summed E-state index contributed by atoms with van der Waals surface area (Å²) >= 11 is 0. The fourth-order valence-electron chi connectivity index (χ4n) is 2.41. The Morgan fingerprint density at radius 1 is 1.29 bits per heavy atom. The van der Waals surface area contributed by atoms with Gasteiger partial charge in [-0.25, -0.2) is 0 Å². The molecule has 0 amide bonds. The highest BCUT2D eigenvalue weighted by Gasteiger charge is 2.22. The molecule has 1 atom stereocenters. The highest BCUT2D eigenvalue weighted by Crippen LogP contribution is 2.28. The summed E-state index contributed by atoms with van der Waals surface area (Å²) < 4.78 is 0. The number of hydrogen-bond donors (Lipinski definition) is 1. The van der Waals surface area contributed by atoms with Gasteiger partial charge in [0.15, 0.2) is 0 Å². The van der Waals surface area contributed by atoms with E-state index >= 15 is 0 Å². The first-order valence-corrected chi connectivity index (χ1v) is 6.78. The van der Waals surface area contributed by atoms with E-state index < -0.39 is 0 Å². The molecule has 2 nitrogen and oxygen atoms in total. The van der Waals surface area contributed by atoms with E-state index in [4.69, 9.17) is 0 Å². The topological polar surface area (TPSA) is 15.3 Å². The lowest BCUT2D eigenvalue weighted by atomic mass is 9.91. The number of rotatable bonds is 5. The third-order valence-electron chi connectivity index (χ3n) is 3.93. The van der Waals surface area contributed by atoms with Crippen molar-refractivity contribution >= 4 is 5.69 Å². The number of hydrogen-bond acceptors (Lipinski definition) is 2. The quantitative estimate of drug-likeness (QED) is 0.837. The van der Waals surface area contributed by atoms with Gasteiger partial charge in [0.05, 0.1) is 0 Å². The molecule has 1 unspecified atom stereocenters. The molecular formula is C15H24N2. The molecule has 0 saturated heterocycles. The van der Waals surface area contributed by atoms with Gasteiger partial charge in [-0.15, -0.1) is 0 Å². The van der Waals surface area contributed by atoms with E-state index in [1.54, 1.807) is 0 Å². The zero-order valence-corrected chi connectivity index (χ0v) is 11.2. The van der Waals surface area contributed by atoms with Crippen molar-refractivity contribution in [1.29, 1.82) is 0 Å². The lowest BCUT2D eigenvalue weighted by Gasteiger charge is -2.36. The van der Waals surface area contributed by atoms with Crippen LogP contribution < -0.4 is 10.2 Å². The van der Waals surface area contributed by atoms with Gasteiger partial charge in [0.2, 0.25) is 0 Å². The fraction of sp³-hybridized carbons (Fsp3) is 0.600. The van der Waals surface area contributed by atoms with Crippen LogP contribution in [0.5, 0.6) is 0 Å². The Kier molecular flexibility index (Phi) is 4.06. The zero-order valence-electron chi connectivity index (χ0n) is 11.2. The highest BCUT2D eigenvalue weighted by atomic mass is 15.1. The van der Waals surface area contributed by atoms with Gasteiger partial charge in [-0.2, -0.15) is 0 Å². The molecule has 1 aliphatic rings. The zero-order chi connectivity index (χ0) is 12.3. The van der Waals surface area contributed by atoms with Gasteiger partial charge in [0.25, 0.3) is 0 Å². The number of nitrogens with zero attached hydrogens (tertiary/aromatic N) is 1. The molecule has 1 N–H and O–H groups in total. The van der Waals surface area contributed by atoms with E-state index in [2.05, 4.69) is 55.4 Å². The number of anilines is 1. The van der Waals surface area contributed by atoms with Crippen LogP contribution >= 0.6 is 0 Å². The van der Waals surface area contributed by atoms with Crippen molar-refractivity contribution in [2.45, 2.75) is 45.2 Å². The van der Waals surface area contributed by atoms with Gasteiger partial charge in [0.1, 0.15) is 0 Å². The van der Waals surface area contributed by atoms with Crippen LogP contribution in [0.25, 0.3) is 0 Å². The van der Waals surface area contributed by atoms with Crippen LogP contribution in [0, 0.1) is 0 Å². The maximum Gasteiger partial charge on any atom is 0.0366 e. The summed E-state index contributed by atoms with van der Waals surface area (Å²) in [6.07, 6.45) is 4.10. The molecule has 1 fully saturated rings. The van der Waals surface area contributed by atoms with E-state index in [0.29, 0.717) is 6.04 Å². The van der Waals surface area contributed by atoms with E-state index in [0.717, 1.165) is 12.6 Å². The monoisotopic (exact) mass is 232 g/mol. The molecule has 0 heterocycles. The summed E-state index contributed by atoms with van der Waals surface area (Å²) in [7, 11) is 2.21. The second kappa shape index (κ2) is 5.54. The van der Waals surface area contributed by atoms with Crippen LogP contribution in [0.1, 0.15) is 44.7 Å². The predicted molar refractivity (Wildman–Crippen MR) is 74.6 cm³/mol. The average Bonchev–Trinajstić information content (AvgIpc) is 2.27. The van der Waals surface area contributed by atoms with Gasteiger partial charge in [-0.05, 0) is 50.4 Å². The molecule has 0 bridgehead atoms. The fourth-order valence-corrected chi connectivity index (χ4v) is 2.41. The Labute approximate surface area is 105 Å². The van der Waals surface area contributed by atoms with Crippen molar-refractivity contribution in [3.63, 3.8) is 0 Å². The Hall–Kier alpha value is -1.02. The Balaban J connectivity index is 2.01. The molecule has 1 aromatic carbocycles. The third-order valence-corrected chi connectivity index (χ3v) is 3.93. The highest BCUT2D eigenvalue weighted by molar-refractivity contribution is 5.48. The van der Waals surface area contributed by atoms with Gasteiger partial charge in [0, 0.05) is 24.8 Å². The van der Waals surface area contributed by atoms with Crippen LogP contribution in [0.4, 0.5) is 5.69 Å². The molecule has 1 saturated carbocycles. The lowest BCUT2D eigenvalue weighted by molar-refractivity contribution is 0.401. The maximum atomic E-state index is 3.44. The van der Waals surface area contributed by atoms with E-state index in [1.807, 2.05) is 0 Å². The van der Waals surface area contributed by atoms with Gasteiger partial charge >= 0.3 is 0 Å². The predicted octanol–water partition coefficient (Wildman–Crippen LogP) is 3.35. The molecule has 1 aromatic rings. The average molecular weight is 232 g/mol. The van der Waals surface area contributed by atoms with Crippen molar-refractivity contribution < 1.29 is 0 Å². The van der Waals surface area contributed by atoms with E-state index in [1.165, 1.54) is 30.5 Å². The first-order chi connectivity index (χ1) is 8.22. The molecule has 94 valence electrons. The largest absolute Gasteiger partial charge is 0.372 e. The Bertz CT molecular complexity index is 340. The van der Waals surface area contributed by atoms with Gasteiger partial charge < -0.3 is 10.2 Å². The molecular weight excluding hydrogens is 208 g/mol. The summed E-state index contributed by atoms with van der Waals surface area (Å²) in [4.78, 5) is 2.42. The van der Waals surface area contributed by atoms with Crippen molar-refractivity contribution in [2.24, 2.45) is 0 Å². The minimum absolute atomic E-state index is 0.447. The summed E-state index contributed by atoms with van der Waals surface area (Å²) in [6, 6.07) is 10.2. The summed E-state index contributed by atoms with van der Waals surface area (Å²) in [5.74, 6) is 0. The minimum atomic E-state index is 0.447. The Morgan fingerprint density at radius 2 is 1.94 bits per heavy atom. The smallest absolute Gasteiger partial charge is 0.0366 e. The lowest BCUT2D eigenvalue weighted by Crippen LogP contribution is -2.37. The Morgan fingerprint density at radius 3 is 2.41 bits per heavy atom. The van der Waals surface area contributed by atoms with Crippen LogP contribution in [-0.4, -0.2) is 19.6 Å². The van der Waals surface area contributed by atoms with Crippen LogP contribution in [0.2, 0.25) is 0 Å². The van der Waals surface area contributed by atoms with Gasteiger partial charge in [-0.1, -0.05) is 19.1 Å². The molecule has 0 aliphatic heterocycles. The molecule has 0 radical (unpaired) electrons. The normalized spacial score (nSPS) is 17.6. The first-order valence-electron chi connectivity index (χ1n) is 6.78. The molecule has 2 heteroatoms. The van der Waals surface area contributed by atoms with Crippen molar-refractivity contribution in [2.75, 3.05) is 18.5 Å². The molecule has 0 spiro atoms. The molecule has 0 aromatic heterocycles. The summed E-state index contributed by atoms with van der Waals surface area (Å²) in [5.41, 5.74) is 2.72. The molecule has 17 heavy (non-hydrogen) atoms. The minimum Gasteiger partial charge on any atom is -0.372 e.